The molecule has 8 heteroatoms. The lowest BCUT2D eigenvalue weighted by atomic mass is 9.94. The topological polar surface area (TPSA) is 64.1 Å². The summed E-state index contributed by atoms with van der Waals surface area (Å²) in [5, 5.41) is 10.5. The number of halogens is 3. The molecular formula is C26H29F3NO4+. The zero-order valence-corrected chi connectivity index (χ0v) is 19.5. The summed E-state index contributed by atoms with van der Waals surface area (Å²) in [6, 6.07) is 8.04. The molecule has 1 aliphatic rings. The Morgan fingerprint density at radius 1 is 1.12 bits per heavy atom. The van der Waals surface area contributed by atoms with Crippen molar-refractivity contribution < 1.29 is 32.3 Å². The van der Waals surface area contributed by atoms with E-state index in [4.69, 9.17) is 9.15 Å². The Hall–Kier alpha value is -3.00. The Morgan fingerprint density at radius 3 is 2.50 bits per heavy atom. The van der Waals surface area contributed by atoms with E-state index in [1.807, 2.05) is 7.05 Å². The average Bonchev–Trinajstić information content (AvgIpc) is 2.79. The highest BCUT2D eigenvalue weighted by atomic mass is 19.4. The molecule has 2 aromatic carbocycles. The minimum Gasteiger partial charge on any atom is -0.507 e. The van der Waals surface area contributed by atoms with Gasteiger partial charge in [-0.3, -0.25) is 4.79 Å². The van der Waals surface area contributed by atoms with E-state index in [2.05, 4.69) is 0 Å². The Kier molecular flexibility index (Phi) is 6.62. The fraction of sp³-hybridized carbons (Fsp3) is 0.423. The van der Waals surface area contributed by atoms with Gasteiger partial charge in [0.2, 0.25) is 11.2 Å². The van der Waals surface area contributed by atoms with Gasteiger partial charge in [0.25, 0.3) is 5.76 Å². The molecule has 3 aromatic rings. The average molecular weight is 477 g/mol. The summed E-state index contributed by atoms with van der Waals surface area (Å²) in [5.41, 5.74) is 0.385. The number of aromatic hydroxyl groups is 1. The normalized spacial score (nSPS) is 16.1. The van der Waals surface area contributed by atoms with Crippen molar-refractivity contribution >= 4 is 11.0 Å². The molecule has 1 fully saturated rings. The van der Waals surface area contributed by atoms with E-state index in [9.17, 15) is 23.1 Å². The molecule has 5 nitrogen and oxygen atoms in total. The van der Waals surface area contributed by atoms with E-state index in [1.54, 1.807) is 32.0 Å². The predicted molar refractivity (Wildman–Crippen MR) is 123 cm³/mol. The summed E-state index contributed by atoms with van der Waals surface area (Å²) < 4.78 is 53.0. The predicted octanol–water partition coefficient (Wildman–Crippen LogP) is 5.27. The van der Waals surface area contributed by atoms with E-state index >= 15 is 0 Å². The molecule has 182 valence electrons. The molecule has 0 saturated heterocycles. The lowest BCUT2D eigenvalue weighted by molar-refractivity contribution is -0.921. The molecule has 1 atom stereocenters. The molecular weight excluding hydrogens is 447 g/mol. The number of phenols is 1. The van der Waals surface area contributed by atoms with Gasteiger partial charge in [-0.1, -0.05) is 18.6 Å². The smallest absolute Gasteiger partial charge is 0.453 e. The van der Waals surface area contributed by atoms with Crippen LogP contribution in [0.1, 0.15) is 54.6 Å². The first-order chi connectivity index (χ1) is 16.1. The zero-order chi connectivity index (χ0) is 24.6. The number of alkyl halides is 3. The second kappa shape index (κ2) is 9.33. The third-order valence-corrected chi connectivity index (χ3v) is 6.67. The van der Waals surface area contributed by atoms with E-state index < -0.39 is 23.1 Å². The van der Waals surface area contributed by atoms with Gasteiger partial charge >= 0.3 is 6.18 Å². The number of hydrogen-bond donors (Lipinski definition) is 2. The van der Waals surface area contributed by atoms with Gasteiger partial charge in [-0.15, -0.1) is 0 Å². The number of fused-ring (bicyclic) bond motifs is 1. The second-order valence-electron chi connectivity index (χ2n) is 9.26. The monoisotopic (exact) mass is 476 g/mol. The summed E-state index contributed by atoms with van der Waals surface area (Å²) in [4.78, 5) is 14.3. The fourth-order valence-electron chi connectivity index (χ4n) is 4.68. The molecule has 2 N–H and O–H groups in total. The molecule has 4 rings (SSSR count). The van der Waals surface area contributed by atoms with Crippen molar-refractivity contribution in [1.29, 1.82) is 0 Å². The van der Waals surface area contributed by atoms with Crippen molar-refractivity contribution in [1.82, 2.24) is 0 Å². The Morgan fingerprint density at radius 2 is 1.82 bits per heavy atom. The van der Waals surface area contributed by atoms with Gasteiger partial charge in [0.05, 0.1) is 24.0 Å². The maximum atomic E-state index is 14.0. The number of quaternary nitrogens is 1. The summed E-state index contributed by atoms with van der Waals surface area (Å²) >= 11 is 0. The number of phenolic OH excluding ortho intramolecular Hbond substituents is 1. The molecule has 34 heavy (non-hydrogen) atoms. The van der Waals surface area contributed by atoms with Crippen LogP contribution in [0.5, 0.6) is 17.2 Å². The van der Waals surface area contributed by atoms with Crippen LogP contribution in [0.3, 0.4) is 0 Å². The molecule has 0 amide bonds. The first-order valence-electron chi connectivity index (χ1n) is 11.5. The van der Waals surface area contributed by atoms with Crippen LogP contribution >= 0.6 is 0 Å². The van der Waals surface area contributed by atoms with Crippen molar-refractivity contribution in [3.05, 3.63) is 63.0 Å². The number of hydrogen-bond acceptors (Lipinski definition) is 4. The maximum Gasteiger partial charge on any atom is 0.453 e. The summed E-state index contributed by atoms with van der Waals surface area (Å²) in [7, 11) is 1.95. The molecule has 0 radical (unpaired) electrons. The van der Waals surface area contributed by atoms with Crippen LogP contribution < -0.4 is 15.1 Å². The van der Waals surface area contributed by atoms with Crippen molar-refractivity contribution in [2.24, 2.45) is 0 Å². The number of ether oxygens (including phenoxy) is 1. The first-order valence-corrected chi connectivity index (χ1v) is 11.5. The SMILES string of the molecule is Cc1ccc(C)c(Oc2c(C(F)(F)F)oc3c(C[NH+](C)C4CCCCC4)c(O)ccc3c2=O)c1. The fourth-order valence-corrected chi connectivity index (χ4v) is 4.68. The van der Waals surface area contributed by atoms with E-state index in [1.165, 1.54) is 18.6 Å². The Labute approximate surface area is 195 Å². The van der Waals surface area contributed by atoms with Gasteiger partial charge in [-0.25, -0.2) is 0 Å². The Balaban J connectivity index is 1.85. The van der Waals surface area contributed by atoms with Gasteiger partial charge in [0.1, 0.15) is 18.0 Å². The number of benzene rings is 2. The minimum atomic E-state index is -4.97. The zero-order valence-electron chi connectivity index (χ0n) is 19.5. The van der Waals surface area contributed by atoms with Crippen molar-refractivity contribution in [3.63, 3.8) is 0 Å². The largest absolute Gasteiger partial charge is 0.507 e. The van der Waals surface area contributed by atoms with Crippen LogP contribution in [0, 0.1) is 13.8 Å². The quantitative estimate of drug-likeness (QED) is 0.526. The van der Waals surface area contributed by atoms with Crippen LogP contribution in [0.4, 0.5) is 13.2 Å². The van der Waals surface area contributed by atoms with Gasteiger partial charge in [0, 0.05) is 0 Å². The van der Waals surface area contributed by atoms with E-state index in [0.717, 1.165) is 36.1 Å². The highest BCUT2D eigenvalue weighted by molar-refractivity contribution is 5.83. The maximum absolute atomic E-state index is 14.0. The molecule has 1 saturated carbocycles. The van der Waals surface area contributed by atoms with E-state index in [0.29, 0.717) is 11.6 Å². The van der Waals surface area contributed by atoms with Gasteiger partial charge < -0.3 is 19.2 Å². The van der Waals surface area contributed by atoms with Crippen LogP contribution in [0.25, 0.3) is 11.0 Å². The van der Waals surface area contributed by atoms with Crippen molar-refractivity contribution in [2.45, 2.75) is 64.7 Å². The molecule has 0 bridgehead atoms. The molecule has 1 aliphatic carbocycles. The second-order valence-corrected chi connectivity index (χ2v) is 9.26. The van der Waals surface area contributed by atoms with Gasteiger partial charge in [-0.2, -0.15) is 13.2 Å². The summed E-state index contributed by atoms with van der Waals surface area (Å²) in [6.45, 7) is 3.70. The first kappa shape index (κ1) is 24.1. The molecule has 0 aliphatic heterocycles. The molecule has 1 aromatic heterocycles. The standard InChI is InChI=1S/C26H28F3NO4/c1-15-9-10-16(2)21(13-15)33-24-22(32)18-11-12-20(31)19(23(18)34-25(24)26(27,28)29)14-30(3)17-7-5-4-6-8-17/h9-13,17,31H,4-8,14H2,1-3H3/p+1. The van der Waals surface area contributed by atoms with Crippen LogP contribution in [-0.2, 0) is 12.7 Å². The van der Waals surface area contributed by atoms with Gasteiger partial charge in [-0.05, 0) is 68.9 Å². The van der Waals surface area contributed by atoms with Crippen molar-refractivity contribution in [2.75, 3.05) is 7.05 Å². The summed E-state index contributed by atoms with van der Waals surface area (Å²) in [6.07, 6.45) is 0.458. The highest BCUT2D eigenvalue weighted by Gasteiger charge is 2.41. The highest BCUT2D eigenvalue weighted by Crippen LogP contribution is 2.40. The number of nitrogens with one attached hydrogen (secondary N) is 1. The van der Waals surface area contributed by atoms with Crippen LogP contribution in [-0.4, -0.2) is 18.2 Å². The molecule has 1 unspecified atom stereocenters. The Bertz CT molecular complexity index is 1260. The number of rotatable bonds is 5. The van der Waals surface area contributed by atoms with Crippen LogP contribution in [0.2, 0.25) is 0 Å². The van der Waals surface area contributed by atoms with E-state index in [-0.39, 0.29) is 34.6 Å². The van der Waals surface area contributed by atoms with Crippen molar-refractivity contribution in [3.8, 4) is 17.2 Å². The number of aryl methyl sites for hydroxylation is 2. The van der Waals surface area contributed by atoms with Crippen LogP contribution in [0.15, 0.2) is 39.5 Å². The third-order valence-electron chi connectivity index (χ3n) is 6.67. The lowest BCUT2D eigenvalue weighted by Crippen LogP contribution is -3.11. The van der Waals surface area contributed by atoms with Gasteiger partial charge in [0.15, 0.2) is 5.58 Å². The summed E-state index contributed by atoms with van der Waals surface area (Å²) in [5.74, 6) is -2.45. The third kappa shape index (κ3) is 4.78. The minimum absolute atomic E-state index is 0.0578. The lowest BCUT2D eigenvalue weighted by Gasteiger charge is -2.28. The molecule has 0 spiro atoms. The molecule has 1 heterocycles.